The summed E-state index contributed by atoms with van der Waals surface area (Å²) in [4.78, 5) is 46.4. The Hall–Kier alpha value is -5.65. The molecule has 0 aliphatic heterocycles. The van der Waals surface area contributed by atoms with Crippen LogP contribution in [0.4, 0.5) is 20.4 Å². The number of carbonyl (C=O) groups is 2. The zero-order valence-corrected chi connectivity index (χ0v) is 24.1. The summed E-state index contributed by atoms with van der Waals surface area (Å²) < 4.78 is 34.5. The Morgan fingerprint density at radius 2 is 1.80 bits per heavy atom. The van der Waals surface area contributed by atoms with Crippen molar-refractivity contribution in [3.63, 3.8) is 0 Å². The molecule has 12 heteroatoms. The molecule has 0 radical (unpaired) electrons. The Bertz CT molecular complexity index is 1960. The second kappa shape index (κ2) is 12.7. The molecule has 0 spiro atoms. The maximum absolute atomic E-state index is 13.6. The average Bonchev–Trinajstić information content (AvgIpc) is 3.23. The molecular weight excluding hydrogens is 570 g/mol. The van der Waals surface area contributed by atoms with Gasteiger partial charge < -0.3 is 15.4 Å². The van der Waals surface area contributed by atoms with Crippen molar-refractivity contribution in [1.82, 2.24) is 24.6 Å². The number of halogens is 2. The standard InChI is InChI=1S/C32H28F2N6O4/c1-19-28(30(42)40(39(19)2)18-21-6-12-25(33)26(34)16-21)29(41)35-14-4-5-20-7-13-27-23(15-20)17-36-32(38-27)37-24-10-8-22(9-11-24)31(43)44-3/h4-13,15-17H,14,18H2,1-3H3,(H,35,41)(H,36,37,38). The van der Waals surface area contributed by atoms with Crippen molar-refractivity contribution in [3.05, 3.63) is 123 Å². The fraction of sp³-hybridized carbons (Fsp3) is 0.156. The molecule has 0 bridgehead atoms. The van der Waals surface area contributed by atoms with E-state index in [1.165, 1.54) is 22.5 Å². The lowest BCUT2D eigenvalue weighted by molar-refractivity contribution is 0.0600. The number of anilines is 2. The maximum Gasteiger partial charge on any atom is 0.337 e. The normalized spacial score (nSPS) is 11.2. The summed E-state index contributed by atoms with van der Waals surface area (Å²) in [5.74, 6) is -2.54. The summed E-state index contributed by atoms with van der Waals surface area (Å²) in [6.45, 7) is 1.79. The summed E-state index contributed by atoms with van der Waals surface area (Å²) in [5.41, 5.74) is 3.02. The lowest BCUT2D eigenvalue weighted by Crippen LogP contribution is -2.31. The number of ether oxygens (including phenoxy) is 1. The molecule has 5 aromatic rings. The quantitative estimate of drug-likeness (QED) is 0.235. The number of esters is 1. The Morgan fingerprint density at radius 3 is 2.52 bits per heavy atom. The number of rotatable bonds is 9. The predicted molar refractivity (Wildman–Crippen MR) is 162 cm³/mol. The number of nitrogens with zero attached hydrogens (tertiary/aromatic N) is 4. The molecule has 0 saturated heterocycles. The van der Waals surface area contributed by atoms with Crippen LogP contribution in [0.5, 0.6) is 0 Å². The molecule has 10 nitrogen and oxygen atoms in total. The minimum Gasteiger partial charge on any atom is -0.465 e. The monoisotopic (exact) mass is 598 g/mol. The number of aromatic nitrogens is 4. The van der Waals surface area contributed by atoms with Gasteiger partial charge in [0.2, 0.25) is 5.95 Å². The Kier molecular flexibility index (Phi) is 8.61. The van der Waals surface area contributed by atoms with Crippen LogP contribution < -0.4 is 16.2 Å². The van der Waals surface area contributed by atoms with Gasteiger partial charge in [-0.3, -0.25) is 14.3 Å². The van der Waals surface area contributed by atoms with E-state index in [-0.39, 0.29) is 18.7 Å². The zero-order chi connectivity index (χ0) is 31.4. The Balaban J connectivity index is 1.21. The predicted octanol–water partition coefficient (Wildman–Crippen LogP) is 4.74. The number of amides is 1. The summed E-state index contributed by atoms with van der Waals surface area (Å²) >= 11 is 0. The number of nitrogens with one attached hydrogen (secondary N) is 2. The number of benzene rings is 3. The SMILES string of the molecule is COC(=O)c1ccc(Nc2ncc3cc(C=CCNC(=O)c4c(C)n(C)n(Cc5ccc(F)c(F)c5)c4=O)ccc3n2)cc1. The van der Waals surface area contributed by atoms with Gasteiger partial charge in [-0.1, -0.05) is 24.3 Å². The number of hydrogen-bond donors (Lipinski definition) is 2. The molecular formula is C32H28F2N6O4. The van der Waals surface area contributed by atoms with Crippen LogP contribution in [0.2, 0.25) is 0 Å². The summed E-state index contributed by atoms with van der Waals surface area (Å²) in [6, 6.07) is 15.8. The first-order valence-electron chi connectivity index (χ1n) is 13.5. The van der Waals surface area contributed by atoms with Gasteiger partial charge in [-0.25, -0.2) is 28.2 Å². The molecule has 0 aliphatic carbocycles. The fourth-order valence-corrected chi connectivity index (χ4v) is 4.60. The maximum atomic E-state index is 13.6. The minimum absolute atomic E-state index is 0.0184. The van der Waals surface area contributed by atoms with Crippen molar-refractivity contribution in [2.24, 2.45) is 7.05 Å². The lowest BCUT2D eigenvalue weighted by Gasteiger charge is -2.08. The van der Waals surface area contributed by atoms with Gasteiger partial charge in [0.05, 0.1) is 24.7 Å². The molecule has 2 N–H and O–H groups in total. The third-order valence-electron chi connectivity index (χ3n) is 7.06. The third-order valence-corrected chi connectivity index (χ3v) is 7.06. The smallest absolute Gasteiger partial charge is 0.337 e. The Morgan fingerprint density at radius 1 is 1.02 bits per heavy atom. The number of hydrogen-bond acceptors (Lipinski definition) is 7. The van der Waals surface area contributed by atoms with E-state index in [0.717, 1.165) is 28.6 Å². The molecule has 0 fully saturated rings. The minimum atomic E-state index is -1.01. The average molecular weight is 599 g/mol. The van der Waals surface area contributed by atoms with Gasteiger partial charge in [-0.15, -0.1) is 0 Å². The van der Waals surface area contributed by atoms with Crippen LogP contribution in [0.1, 0.15) is 37.5 Å². The van der Waals surface area contributed by atoms with E-state index in [1.54, 1.807) is 50.5 Å². The van der Waals surface area contributed by atoms with Gasteiger partial charge in [0, 0.05) is 36.6 Å². The van der Waals surface area contributed by atoms with Crippen molar-refractivity contribution in [3.8, 4) is 0 Å². The van der Waals surface area contributed by atoms with Crippen molar-refractivity contribution >= 4 is 40.5 Å². The van der Waals surface area contributed by atoms with E-state index in [9.17, 15) is 23.2 Å². The first kappa shape index (κ1) is 29.8. The molecule has 224 valence electrons. The number of fused-ring (bicyclic) bond motifs is 1. The molecule has 0 saturated carbocycles. The van der Waals surface area contributed by atoms with Gasteiger partial charge in [-0.2, -0.15) is 0 Å². The molecule has 0 unspecified atom stereocenters. The topological polar surface area (TPSA) is 120 Å². The van der Waals surface area contributed by atoms with Crippen LogP contribution in [0.15, 0.2) is 77.7 Å². The first-order valence-corrected chi connectivity index (χ1v) is 13.5. The van der Waals surface area contributed by atoms with Crippen molar-refractivity contribution in [1.29, 1.82) is 0 Å². The summed E-state index contributed by atoms with van der Waals surface area (Å²) in [5, 5.41) is 6.65. The van der Waals surface area contributed by atoms with Crippen molar-refractivity contribution < 1.29 is 23.1 Å². The molecule has 0 atom stereocenters. The molecule has 5 rings (SSSR count). The second-order valence-electron chi connectivity index (χ2n) is 9.91. The van der Waals surface area contributed by atoms with E-state index in [2.05, 4.69) is 20.6 Å². The van der Waals surface area contributed by atoms with E-state index in [0.29, 0.717) is 28.5 Å². The van der Waals surface area contributed by atoms with Gasteiger partial charge >= 0.3 is 5.97 Å². The van der Waals surface area contributed by atoms with Crippen LogP contribution in [-0.2, 0) is 18.3 Å². The number of methoxy groups -OCH3 is 1. The van der Waals surface area contributed by atoms with Gasteiger partial charge in [0.15, 0.2) is 11.6 Å². The highest BCUT2D eigenvalue weighted by molar-refractivity contribution is 5.95. The van der Waals surface area contributed by atoms with Crippen LogP contribution >= 0.6 is 0 Å². The lowest BCUT2D eigenvalue weighted by atomic mass is 10.1. The van der Waals surface area contributed by atoms with E-state index in [1.807, 2.05) is 24.3 Å². The highest BCUT2D eigenvalue weighted by Gasteiger charge is 2.21. The number of carbonyl (C=O) groups excluding carboxylic acids is 2. The summed E-state index contributed by atoms with van der Waals surface area (Å²) in [7, 11) is 2.95. The van der Waals surface area contributed by atoms with Crippen molar-refractivity contribution in [2.75, 3.05) is 19.0 Å². The van der Waals surface area contributed by atoms with Crippen molar-refractivity contribution in [2.45, 2.75) is 13.5 Å². The van der Waals surface area contributed by atoms with Gasteiger partial charge in [0.25, 0.3) is 11.5 Å². The largest absolute Gasteiger partial charge is 0.465 e. The van der Waals surface area contributed by atoms with Gasteiger partial charge in [0.1, 0.15) is 5.56 Å². The van der Waals surface area contributed by atoms with Crippen LogP contribution in [0.3, 0.4) is 0 Å². The first-order chi connectivity index (χ1) is 21.1. The molecule has 3 aromatic carbocycles. The molecule has 0 aliphatic rings. The highest BCUT2D eigenvalue weighted by Crippen LogP contribution is 2.19. The van der Waals surface area contributed by atoms with E-state index >= 15 is 0 Å². The van der Waals surface area contributed by atoms with Gasteiger partial charge in [-0.05, 0) is 66.6 Å². The van der Waals surface area contributed by atoms with E-state index < -0.39 is 29.1 Å². The molecule has 1 amide bonds. The third kappa shape index (κ3) is 6.38. The summed E-state index contributed by atoms with van der Waals surface area (Å²) in [6.07, 6.45) is 5.27. The highest BCUT2D eigenvalue weighted by atomic mass is 19.2. The molecule has 2 aromatic heterocycles. The fourth-order valence-electron chi connectivity index (χ4n) is 4.60. The van der Waals surface area contributed by atoms with E-state index in [4.69, 9.17) is 4.74 Å². The second-order valence-corrected chi connectivity index (χ2v) is 9.91. The van der Waals surface area contributed by atoms with Crippen LogP contribution in [0, 0.1) is 18.6 Å². The van der Waals surface area contributed by atoms with Crippen LogP contribution in [0.25, 0.3) is 17.0 Å². The molecule has 44 heavy (non-hydrogen) atoms. The van der Waals surface area contributed by atoms with Crippen LogP contribution in [-0.4, -0.2) is 44.9 Å². The zero-order valence-electron chi connectivity index (χ0n) is 24.1. The molecule has 2 heterocycles. The Labute approximate surface area is 250 Å².